The molecule has 5 aromatic rings. The Morgan fingerprint density at radius 1 is 0.629 bits per heavy atom. The molecule has 522 valence electrons. The summed E-state index contributed by atoms with van der Waals surface area (Å²) in [5.74, 6) is -8.26. The number of carbonyl (C=O) groups is 11. The first-order chi connectivity index (χ1) is 46.1. The van der Waals surface area contributed by atoms with Gasteiger partial charge in [-0.15, -0.1) is 10.2 Å². The topological polar surface area (TPSA) is 503 Å². The van der Waals surface area contributed by atoms with Crippen molar-refractivity contribution in [3.63, 3.8) is 0 Å². The molecule has 0 spiro atoms. The van der Waals surface area contributed by atoms with Gasteiger partial charge in [0.25, 0.3) is 5.91 Å². The zero-order chi connectivity index (χ0) is 70.4. The Labute approximate surface area is 550 Å². The predicted molar refractivity (Wildman–Crippen MR) is 321 cm³/mol. The Kier molecular flexibility index (Phi) is 24.3. The van der Waals surface area contributed by atoms with Gasteiger partial charge in [0.05, 0.1) is 63.2 Å². The monoisotopic (exact) mass is 1360 g/mol. The van der Waals surface area contributed by atoms with Crippen molar-refractivity contribution < 1.29 is 110 Å². The van der Waals surface area contributed by atoms with E-state index in [0.29, 0.717) is 22.8 Å². The minimum absolute atomic E-state index is 0.00677. The molecule has 7 N–H and O–H groups in total. The average molecular weight is 1360 g/mol. The number of amides is 3. The van der Waals surface area contributed by atoms with Crippen LogP contribution >= 0.6 is 0 Å². The van der Waals surface area contributed by atoms with Crippen LogP contribution in [-0.4, -0.2) is 216 Å². The van der Waals surface area contributed by atoms with Gasteiger partial charge in [0.2, 0.25) is 17.8 Å². The van der Waals surface area contributed by atoms with Crippen molar-refractivity contribution in [1.82, 2.24) is 65.9 Å². The van der Waals surface area contributed by atoms with Crippen molar-refractivity contribution in [2.24, 2.45) is 0 Å². The fourth-order valence-corrected chi connectivity index (χ4v) is 10.3. The standard InChI is InChI=1S/C58H72N16O23/c1-26(75)88-24-39-46(90-28(3)77)48(92-30(5)79)50(94-32(7)81)56(96-39)86-18-16-73-23-36(68-70-73)21-61-41(83)15-14-38(64-54(84)34-10-12-37(13-11-34)72(9)22-35-20-62-53-44(63-35)52(59)66-58(60)67-53)55(85)65-42-43-45(42)74(71-69-43)17-19-87-57-51(95-33(8)82)49(93-31(6)80)47(91-29(4)78)40(97-57)25-89-27(2)76/h10-13,20,23,38-40,42,46-51,56-57H,14-19,21-22,24-25H2,1-9H3,(H,61,83)(H,64,84)(H,65,85)(H4,59,60,62,66,67)/t38?,39?,40?,42?,46-,47-,48?,49?,50?,51?,56-,57-/m1/s1. The molecule has 2 fully saturated rings. The molecule has 3 aliphatic rings. The molecule has 0 radical (unpaired) electrons. The number of benzene rings is 1. The first-order valence-corrected chi connectivity index (χ1v) is 30.0. The molecule has 4 aromatic heterocycles. The van der Waals surface area contributed by atoms with Gasteiger partial charge in [-0.1, -0.05) is 10.4 Å². The van der Waals surface area contributed by atoms with Crippen LogP contribution in [-0.2, 0) is 131 Å². The third-order valence-corrected chi connectivity index (χ3v) is 14.4. The maximum Gasteiger partial charge on any atom is 0.303 e. The number of fused-ring (bicyclic) bond motifs is 2. The molecule has 39 heteroatoms. The smallest absolute Gasteiger partial charge is 0.303 e. The Morgan fingerprint density at radius 2 is 1.16 bits per heavy atom. The molecule has 0 bridgehead atoms. The number of hydrogen-bond acceptors (Lipinski definition) is 34. The van der Waals surface area contributed by atoms with E-state index in [1.165, 1.54) is 33.9 Å². The van der Waals surface area contributed by atoms with E-state index in [1.807, 2.05) is 4.90 Å². The van der Waals surface area contributed by atoms with Crippen LogP contribution < -0.4 is 32.3 Å². The van der Waals surface area contributed by atoms with E-state index in [9.17, 15) is 52.7 Å². The van der Waals surface area contributed by atoms with Gasteiger partial charge in [0.15, 0.2) is 66.2 Å². The fourth-order valence-electron chi connectivity index (χ4n) is 10.3. The van der Waals surface area contributed by atoms with Gasteiger partial charge in [0.1, 0.15) is 48.9 Å². The molecule has 6 heterocycles. The second kappa shape index (κ2) is 32.6. The summed E-state index contributed by atoms with van der Waals surface area (Å²) >= 11 is 0. The van der Waals surface area contributed by atoms with Crippen LogP contribution in [0.15, 0.2) is 36.7 Å². The summed E-state index contributed by atoms with van der Waals surface area (Å²) in [5.41, 5.74) is 14.7. The van der Waals surface area contributed by atoms with E-state index >= 15 is 0 Å². The number of nitrogen functional groups attached to an aromatic ring is 2. The molecular formula is C58H72N16O23. The van der Waals surface area contributed by atoms with E-state index < -0.39 is 152 Å². The van der Waals surface area contributed by atoms with Crippen molar-refractivity contribution in [2.45, 2.75) is 168 Å². The number of carbonyl (C=O) groups excluding carboxylic acids is 11. The molecule has 3 amide bonds. The molecule has 0 saturated carbocycles. The van der Waals surface area contributed by atoms with Crippen LogP contribution in [0.25, 0.3) is 11.2 Å². The number of nitrogens with zero attached hydrogens (tertiary/aromatic N) is 11. The lowest BCUT2D eigenvalue weighted by Gasteiger charge is -2.44. The highest BCUT2D eigenvalue weighted by molar-refractivity contribution is 5.98. The summed E-state index contributed by atoms with van der Waals surface area (Å²) in [6.45, 7) is 7.44. The first-order valence-electron chi connectivity index (χ1n) is 30.0. The van der Waals surface area contributed by atoms with Crippen LogP contribution in [0.3, 0.4) is 0 Å². The van der Waals surface area contributed by atoms with Crippen LogP contribution in [0.4, 0.5) is 17.5 Å². The van der Waals surface area contributed by atoms with Crippen molar-refractivity contribution in [1.29, 1.82) is 0 Å². The lowest BCUT2D eigenvalue weighted by atomic mass is 9.98. The van der Waals surface area contributed by atoms with Gasteiger partial charge in [-0.3, -0.25) is 52.7 Å². The fraction of sp³-hybridized carbons (Fsp3) is 0.534. The number of nitrogens with one attached hydrogen (secondary N) is 3. The second-order valence-corrected chi connectivity index (χ2v) is 22.1. The van der Waals surface area contributed by atoms with Crippen molar-refractivity contribution >= 4 is 94.1 Å². The van der Waals surface area contributed by atoms with E-state index in [-0.39, 0.29) is 86.4 Å². The second-order valence-electron chi connectivity index (χ2n) is 22.1. The highest BCUT2D eigenvalue weighted by Crippen LogP contribution is 2.39. The van der Waals surface area contributed by atoms with Crippen molar-refractivity contribution in [2.75, 3.05) is 49.8 Å². The molecule has 12 atom stereocenters. The van der Waals surface area contributed by atoms with E-state index in [1.54, 1.807) is 19.2 Å². The van der Waals surface area contributed by atoms with Gasteiger partial charge in [-0.05, 0) is 30.7 Å². The minimum Gasteiger partial charge on any atom is -0.463 e. The minimum atomic E-state index is -1.50. The summed E-state index contributed by atoms with van der Waals surface area (Å²) in [7, 11) is 1.78. The molecule has 8 rings (SSSR count). The molecule has 1 aliphatic carbocycles. The van der Waals surface area contributed by atoms with Gasteiger partial charge in [-0.25, -0.2) is 19.3 Å². The normalized spacial score (nSPS) is 21.8. The molecular weight excluding hydrogens is 1290 g/mol. The van der Waals surface area contributed by atoms with Gasteiger partial charge < -0.3 is 89.2 Å². The number of esters is 8. The molecule has 8 unspecified atom stereocenters. The van der Waals surface area contributed by atoms with Crippen LogP contribution in [0.1, 0.15) is 107 Å². The molecule has 2 aliphatic heterocycles. The highest BCUT2D eigenvalue weighted by atomic mass is 16.7. The largest absolute Gasteiger partial charge is 0.463 e. The maximum atomic E-state index is 14.3. The number of nitrogens with two attached hydrogens (primary N) is 2. The molecule has 2 saturated heterocycles. The Morgan fingerprint density at radius 3 is 1.71 bits per heavy atom. The van der Waals surface area contributed by atoms with Gasteiger partial charge in [0, 0.05) is 80.1 Å². The summed E-state index contributed by atoms with van der Waals surface area (Å²) < 4.78 is 69.7. The third-order valence-electron chi connectivity index (χ3n) is 14.4. The summed E-state index contributed by atoms with van der Waals surface area (Å²) in [6, 6.07) is 4.28. The number of hydrogen-bond donors (Lipinski definition) is 5. The molecule has 1 aromatic carbocycles. The van der Waals surface area contributed by atoms with Crippen molar-refractivity contribution in [3.05, 3.63) is 65.0 Å². The Bertz CT molecular complexity index is 3740. The van der Waals surface area contributed by atoms with Gasteiger partial charge >= 0.3 is 47.8 Å². The lowest BCUT2D eigenvalue weighted by molar-refractivity contribution is -0.308. The van der Waals surface area contributed by atoms with E-state index in [0.717, 1.165) is 55.4 Å². The summed E-state index contributed by atoms with van der Waals surface area (Å²) in [4.78, 5) is 158. The Hall–Kier alpha value is -10.7. The molecule has 97 heavy (non-hydrogen) atoms. The average Bonchev–Trinajstić information content (AvgIpc) is 1.71. The zero-order valence-corrected chi connectivity index (χ0v) is 53.9. The van der Waals surface area contributed by atoms with Crippen LogP contribution in [0.2, 0.25) is 0 Å². The van der Waals surface area contributed by atoms with E-state index in [4.69, 9.17) is 68.3 Å². The predicted octanol–water partition coefficient (Wildman–Crippen LogP) is -1.98. The maximum absolute atomic E-state index is 14.3. The number of aromatic nitrogens is 10. The SMILES string of the molecule is CC(=O)OCC1O[C@@H](OCCn2cc(CNC(=O)CCC(NC(=O)c3ccc(N(C)Cc4cnc5nc(N)nc(N)c5n4)cc3)C(=O)NC3c4nnn(CCO[C@@H]5OC(COC(C)=O)[C@@H](OC(C)=O)C(OC(C)=O)C5OC(C)=O)c43)nn2)C(OC(C)=O)C(OC(C)=O)[C@@H]1OC(C)=O. The third kappa shape index (κ3) is 20.0. The van der Waals surface area contributed by atoms with Crippen LogP contribution in [0, 0.1) is 0 Å². The molecule has 39 nitrogen and oxygen atoms in total. The number of rotatable bonds is 30. The number of ether oxygens (including phenoxy) is 12. The zero-order valence-electron chi connectivity index (χ0n) is 53.9. The number of anilines is 3. The first kappa shape index (κ1) is 72.2. The summed E-state index contributed by atoms with van der Waals surface area (Å²) in [6.07, 6.45) is -11.7. The summed E-state index contributed by atoms with van der Waals surface area (Å²) in [5, 5.41) is 24.8. The highest BCUT2D eigenvalue weighted by Gasteiger charge is 2.54. The van der Waals surface area contributed by atoms with E-state index in [2.05, 4.69) is 56.5 Å². The Balaban J connectivity index is 0.913. The lowest BCUT2D eigenvalue weighted by Crippen LogP contribution is -2.63. The van der Waals surface area contributed by atoms with Crippen LogP contribution in [0.5, 0.6) is 0 Å². The van der Waals surface area contributed by atoms with Gasteiger partial charge in [-0.2, -0.15) is 9.97 Å². The quantitative estimate of drug-likeness (QED) is 0.0246. The van der Waals surface area contributed by atoms with Crippen molar-refractivity contribution in [3.8, 4) is 0 Å².